The first-order chi connectivity index (χ1) is 7.31. The number of methoxy groups -OCH3 is 1. The van der Waals surface area contributed by atoms with Gasteiger partial charge in [-0.3, -0.25) is 0 Å². The summed E-state index contributed by atoms with van der Waals surface area (Å²) in [6.45, 7) is 6.27. The molecule has 0 unspecified atom stereocenters. The standard InChI is InChI=1S/C11H15BrO3Si/c1-14-11(13)8-5-9(12)7-10(6-8)15-16(2,3)4/h5-7H,1-4H3. The zero-order valence-corrected chi connectivity index (χ0v) is 12.4. The van der Waals surface area contributed by atoms with Crippen molar-refractivity contribution in [3.8, 4) is 5.75 Å². The molecule has 88 valence electrons. The van der Waals surface area contributed by atoms with Gasteiger partial charge in [-0.25, -0.2) is 4.79 Å². The van der Waals surface area contributed by atoms with E-state index in [1.807, 2.05) is 6.07 Å². The number of hydrogen-bond acceptors (Lipinski definition) is 3. The highest BCUT2D eigenvalue weighted by Gasteiger charge is 2.17. The predicted molar refractivity (Wildman–Crippen MR) is 69.5 cm³/mol. The number of esters is 1. The Morgan fingerprint density at radius 3 is 2.38 bits per heavy atom. The zero-order valence-electron chi connectivity index (χ0n) is 9.83. The van der Waals surface area contributed by atoms with Gasteiger partial charge in [0.05, 0.1) is 12.7 Å². The SMILES string of the molecule is COC(=O)c1cc(Br)cc(O[Si](C)(C)C)c1. The first kappa shape index (κ1) is 13.3. The molecule has 1 aromatic carbocycles. The number of halogens is 1. The highest BCUT2D eigenvalue weighted by atomic mass is 79.9. The molecule has 5 heteroatoms. The Balaban J connectivity index is 3.03. The summed E-state index contributed by atoms with van der Waals surface area (Å²) >= 11 is 3.35. The Labute approximate surface area is 105 Å². The molecule has 3 nitrogen and oxygen atoms in total. The average molecular weight is 303 g/mol. The topological polar surface area (TPSA) is 35.5 Å². The second-order valence-electron chi connectivity index (χ2n) is 4.38. The van der Waals surface area contributed by atoms with Crippen LogP contribution < -0.4 is 4.43 Å². The van der Waals surface area contributed by atoms with Gasteiger partial charge in [-0.15, -0.1) is 0 Å². The fraction of sp³-hybridized carbons (Fsp3) is 0.364. The summed E-state index contributed by atoms with van der Waals surface area (Å²) < 4.78 is 11.3. The molecule has 0 aromatic heterocycles. The van der Waals surface area contributed by atoms with Crippen LogP contribution in [0.25, 0.3) is 0 Å². The minimum Gasteiger partial charge on any atom is -0.544 e. The summed E-state index contributed by atoms with van der Waals surface area (Å²) in [5, 5.41) is 0. The molecule has 1 rings (SSSR count). The molecule has 0 atom stereocenters. The third-order valence-electron chi connectivity index (χ3n) is 1.72. The average Bonchev–Trinajstić information content (AvgIpc) is 2.12. The van der Waals surface area contributed by atoms with E-state index in [1.165, 1.54) is 7.11 Å². The fourth-order valence-electron chi connectivity index (χ4n) is 1.21. The lowest BCUT2D eigenvalue weighted by molar-refractivity contribution is 0.0600. The van der Waals surface area contributed by atoms with E-state index in [9.17, 15) is 4.79 Å². The molecule has 0 aliphatic heterocycles. The van der Waals surface area contributed by atoms with Gasteiger partial charge in [0.15, 0.2) is 0 Å². The van der Waals surface area contributed by atoms with Crippen molar-refractivity contribution >= 4 is 30.2 Å². The predicted octanol–water partition coefficient (Wildman–Crippen LogP) is 3.45. The van der Waals surface area contributed by atoms with Gasteiger partial charge in [0.2, 0.25) is 8.32 Å². The van der Waals surface area contributed by atoms with Crippen LogP contribution in [0.1, 0.15) is 10.4 Å². The van der Waals surface area contributed by atoms with Crippen LogP contribution in [0.4, 0.5) is 0 Å². The Kier molecular flexibility index (Phi) is 4.15. The molecule has 0 spiro atoms. The first-order valence-corrected chi connectivity index (χ1v) is 9.10. The molecular weight excluding hydrogens is 288 g/mol. The van der Waals surface area contributed by atoms with Gasteiger partial charge in [-0.2, -0.15) is 0 Å². The van der Waals surface area contributed by atoms with Crippen LogP contribution in [0.2, 0.25) is 19.6 Å². The molecule has 1 aromatic rings. The molecule has 0 N–H and O–H groups in total. The smallest absolute Gasteiger partial charge is 0.338 e. The van der Waals surface area contributed by atoms with Crippen LogP contribution in [-0.2, 0) is 4.74 Å². The van der Waals surface area contributed by atoms with E-state index in [4.69, 9.17) is 4.43 Å². The van der Waals surface area contributed by atoms with Crippen LogP contribution >= 0.6 is 15.9 Å². The van der Waals surface area contributed by atoms with Crippen molar-refractivity contribution in [2.24, 2.45) is 0 Å². The van der Waals surface area contributed by atoms with E-state index in [2.05, 4.69) is 40.3 Å². The van der Waals surface area contributed by atoms with Crippen LogP contribution in [-0.4, -0.2) is 21.4 Å². The van der Waals surface area contributed by atoms with Crippen LogP contribution in [0.5, 0.6) is 5.75 Å². The lowest BCUT2D eigenvalue weighted by atomic mass is 10.2. The fourth-order valence-corrected chi connectivity index (χ4v) is 2.51. The number of benzene rings is 1. The second kappa shape index (κ2) is 5.01. The summed E-state index contributed by atoms with van der Waals surface area (Å²) in [7, 11) is -0.298. The normalized spacial score (nSPS) is 11.1. The van der Waals surface area contributed by atoms with Crippen molar-refractivity contribution in [3.63, 3.8) is 0 Å². The minimum absolute atomic E-state index is 0.360. The monoisotopic (exact) mass is 302 g/mol. The highest BCUT2D eigenvalue weighted by Crippen LogP contribution is 2.24. The van der Waals surface area contributed by atoms with Crippen LogP contribution in [0.3, 0.4) is 0 Å². The quantitative estimate of drug-likeness (QED) is 0.634. The van der Waals surface area contributed by atoms with Crippen molar-refractivity contribution < 1.29 is 14.0 Å². The first-order valence-electron chi connectivity index (χ1n) is 4.90. The Hall–Kier alpha value is -0.813. The molecule has 16 heavy (non-hydrogen) atoms. The molecule has 0 saturated carbocycles. The summed E-state index contributed by atoms with van der Waals surface area (Å²) in [6.07, 6.45) is 0. The van der Waals surface area contributed by atoms with E-state index < -0.39 is 8.32 Å². The van der Waals surface area contributed by atoms with Gasteiger partial charge in [0, 0.05) is 4.47 Å². The summed E-state index contributed by atoms with van der Waals surface area (Å²) in [6, 6.07) is 5.27. The highest BCUT2D eigenvalue weighted by molar-refractivity contribution is 9.10. The minimum atomic E-state index is -1.66. The van der Waals surface area contributed by atoms with Gasteiger partial charge in [0.25, 0.3) is 0 Å². The van der Waals surface area contributed by atoms with E-state index in [0.717, 1.165) is 4.47 Å². The number of carbonyl (C=O) groups excluding carboxylic acids is 1. The van der Waals surface area contributed by atoms with Crippen LogP contribution in [0, 0.1) is 0 Å². The van der Waals surface area contributed by atoms with Gasteiger partial charge >= 0.3 is 5.97 Å². The largest absolute Gasteiger partial charge is 0.544 e. The van der Waals surface area contributed by atoms with E-state index in [1.54, 1.807) is 12.1 Å². The summed E-state index contributed by atoms with van der Waals surface area (Å²) in [5.74, 6) is 0.343. The molecule has 0 heterocycles. The van der Waals surface area contributed by atoms with E-state index >= 15 is 0 Å². The van der Waals surface area contributed by atoms with E-state index in [0.29, 0.717) is 11.3 Å². The second-order valence-corrected chi connectivity index (χ2v) is 9.73. The molecule has 0 amide bonds. The number of hydrogen-bond donors (Lipinski definition) is 0. The maximum Gasteiger partial charge on any atom is 0.338 e. The number of carbonyl (C=O) groups is 1. The van der Waals surface area contributed by atoms with Crippen LogP contribution in [0.15, 0.2) is 22.7 Å². The number of ether oxygens (including phenoxy) is 1. The van der Waals surface area contributed by atoms with Crippen molar-refractivity contribution in [1.82, 2.24) is 0 Å². The molecule has 0 saturated heterocycles. The van der Waals surface area contributed by atoms with Gasteiger partial charge in [0.1, 0.15) is 5.75 Å². The van der Waals surface area contributed by atoms with Crippen molar-refractivity contribution in [1.29, 1.82) is 0 Å². The third kappa shape index (κ3) is 3.98. The maximum atomic E-state index is 11.4. The third-order valence-corrected chi connectivity index (χ3v) is 3.02. The van der Waals surface area contributed by atoms with Gasteiger partial charge in [-0.05, 0) is 37.8 Å². The Morgan fingerprint density at radius 1 is 1.25 bits per heavy atom. The Morgan fingerprint density at radius 2 is 1.88 bits per heavy atom. The van der Waals surface area contributed by atoms with E-state index in [-0.39, 0.29) is 5.97 Å². The molecule has 0 aliphatic carbocycles. The lowest BCUT2D eigenvalue weighted by Crippen LogP contribution is -2.29. The molecule has 0 radical (unpaired) electrons. The maximum absolute atomic E-state index is 11.4. The van der Waals surface area contributed by atoms with Gasteiger partial charge < -0.3 is 9.16 Å². The zero-order chi connectivity index (χ0) is 12.3. The lowest BCUT2D eigenvalue weighted by Gasteiger charge is -2.19. The molecule has 0 fully saturated rings. The van der Waals surface area contributed by atoms with Gasteiger partial charge in [-0.1, -0.05) is 15.9 Å². The van der Waals surface area contributed by atoms with Crippen molar-refractivity contribution in [2.45, 2.75) is 19.6 Å². The molecule has 0 bridgehead atoms. The summed E-state index contributed by atoms with van der Waals surface area (Å²) in [5.41, 5.74) is 0.491. The number of rotatable bonds is 3. The van der Waals surface area contributed by atoms with Crippen molar-refractivity contribution in [2.75, 3.05) is 7.11 Å². The summed E-state index contributed by atoms with van der Waals surface area (Å²) in [4.78, 5) is 11.4. The molecular formula is C11H15BrO3Si. The van der Waals surface area contributed by atoms with Crippen molar-refractivity contribution in [3.05, 3.63) is 28.2 Å². The Bertz CT molecular complexity index is 399. The molecule has 0 aliphatic rings.